The Morgan fingerprint density at radius 2 is 1.71 bits per heavy atom. The molecule has 1 aliphatic heterocycles. The summed E-state index contributed by atoms with van der Waals surface area (Å²) in [5.74, 6) is -0.586. The molecule has 2 aromatic carbocycles. The van der Waals surface area contributed by atoms with Crippen LogP contribution in [0, 0.1) is 10.1 Å². The quantitative estimate of drug-likeness (QED) is 0.517. The van der Waals surface area contributed by atoms with E-state index in [1.807, 2.05) is 0 Å². The number of alkyl halides is 3. The monoisotopic (exact) mass is 457 g/mol. The molecule has 31 heavy (non-hydrogen) atoms. The second-order valence-electron chi connectivity index (χ2n) is 7.07. The largest absolute Gasteiger partial charge is 0.416 e. The lowest BCUT2D eigenvalue weighted by molar-refractivity contribution is -0.385. The highest BCUT2D eigenvalue weighted by atomic mass is 32.2. The van der Waals surface area contributed by atoms with Crippen molar-refractivity contribution in [2.75, 3.05) is 37.3 Å². The number of benzene rings is 2. The van der Waals surface area contributed by atoms with Crippen LogP contribution < -0.4 is 4.90 Å². The van der Waals surface area contributed by atoms with Crippen molar-refractivity contribution in [2.45, 2.75) is 11.1 Å². The molecular formula is C19H18F3N3O5S. The number of anilines is 1. The van der Waals surface area contributed by atoms with E-state index in [2.05, 4.69) is 0 Å². The Kier molecular flexibility index (Phi) is 5.94. The van der Waals surface area contributed by atoms with Gasteiger partial charge >= 0.3 is 6.18 Å². The van der Waals surface area contributed by atoms with Crippen molar-refractivity contribution in [1.82, 2.24) is 4.90 Å². The molecule has 0 aliphatic carbocycles. The average molecular weight is 457 g/mol. The smallest absolute Gasteiger partial charge is 0.368 e. The van der Waals surface area contributed by atoms with Crippen LogP contribution in [-0.2, 0) is 16.0 Å². The summed E-state index contributed by atoms with van der Waals surface area (Å²) in [6, 6.07) is 7.86. The van der Waals surface area contributed by atoms with E-state index in [0.717, 1.165) is 36.6 Å². The zero-order valence-corrected chi connectivity index (χ0v) is 17.1. The van der Waals surface area contributed by atoms with Gasteiger partial charge in [-0.05, 0) is 24.3 Å². The zero-order chi connectivity index (χ0) is 23.0. The normalized spacial score (nSPS) is 15.1. The lowest BCUT2D eigenvalue weighted by atomic mass is 10.1. The number of carbonyl (C=O) groups is 1. The van der Waals surface area contributed by atoms with Gasteiger partial charge in [-0.15, -0.1) is 0 Å². The van der Waals surface area contributed by atoms with Gasteiger partial charge in [0.25, 0.3) is 11.6 Å². The third kappa shape index (κ3) is 5.13. The molecule has 0 radical (unpaired) electrons. The number of amides is 1. The van der Waals surface area contributed by atoms with Crippen molar-refractivity contribution in [3.05, 3.63) is 63.7 Å². The van der Waals surface area contributed by atoms with Gasteiger partial charge < -0.3 is 9.80 Å². The number of halogens is 3. The Morgan fingerprint density at radius 1 is 1.06 bits per heavy atom. The fourth-order valence-electron chi connectivity index (χ4n) is 3.26. The van der Waals surface area contributed by atoms with Gasteiger partial charge in [0.2, 0.25) is 0 Å². The number of nitro benzene ring substituents is 1. The van der Waals surface area contributed by atoms with Crippen molar-refractivity contribution in [3.63, 3.8) is 0 Å². The van der Waals surface area contributed by atoms with Crippen molar-refractivity contribution < 1.29 is 31.3 Å². The second-order valence-corrected chi connectivity index (χ2v) is 9.09. The summed E-state index contributed by atoms with van der Waals surface area (Å²) >= 11 is 0. The number of hydrogen-bond donors (Lipinski definition) is 0. The third-order valence-corrected chi connectivity index (χ3v) is 5.97. The van der Waals surface area contributed by atoms with Crippen LogP contribution in [0.25, 0.3) is 0 Å². The Morgan fingerprint density at radius 3 is 2.26 bits per heavy atom. The number of rotatable bonds is 4. The topological polar surface area (TPSA) is 101 Å². The highest BCUT2D eigenvalue weighted by Gasteiger charge is 2.31. The Balaban J connectivity index is 1.78. The number of carbonyl (C=O) groups excluding carboxylic acids is 1. The fourth-order valence-corrected chi connectivity index (χ4v) is 3.93. The van der Waals surface area contributed by atoms with Gasteiger partial charge in [0.1, 0.15) is 0 Å². The second kappa shape index (κ2) is 8.17. The molecule has 0 bridgehead atoms. The Labute approximate surface area is 175 Å². The van der Waals surface area contributed by atoms with Crippen molar-refractivity contribution in [1.29, 1.82) is 0 Å². The van der Waals surface area contributed by atoms with E-state index in [1.165, 1.54) is 11.0 Å². The molecule has 8 nitrogen and oxygen atoms in total. The molecule has 2 aromatic rings. The van der Waals surface area contributed by atoms with E-state index in [4.69, 9.17) is 0 Å². The van der Waals surface area contributed by atoms with Crippen molar-refractivity contribution >= 4 is 27.1 Å². The minimum Gasteiger partial charge on any atom is -0.368 e. The zero-order valence-electron chi connectivity index (χ0n) is 16.3. The van der Waals surface area contributed by atoms with E-state index in [0.29, 0.717) is 5.69 Å². The van der Waals surface area contributed by atoms with Crippen molar-refractivity contribution in [3.8, 4) is 0 Å². The SMILES string of the molecule is CS(=O)(=O)c1cc(C(=O)N2CCN(c3cccc(C(F)(F)F)c3)CC2)cc([N+](=O)[O-])c1. The predicted molar refractivity (Wildman–Crippen MR) is 106 cm³/mol. The summed E-state index contributed by atoms with van der Waals surface area (Å²) in [4.78, 5) is 25.9. The fraction of sp³-hybridized carbons (Fsp3) is 0.316. The number of hydrogen-bond acceptors (Lipinski definition) is 6. The predicted octanol–water partition coefficient (Wildman–Crippen LogP) is 2.98. The first-order valence-corrected chi connectivity index (χ1v) is 11.0. The summed E-state index contributed by atoms with van der Waals surface area (Å²) in [6.45, 7) is 0.819. The summed E-state index contributed by atoms with van der Waals surface area (Å²) < 4.78 is 62.4. The maximum absolute atomic E-state index is 12.9. The lowest BCUT2D eigenvalue weighted by Gasteiger charge is -2.36. The molecule has 1 amide bonds. The van der Waals surface area contributed by atoms with Gasteiger partial charge in [-0.1, -0.05) is 6.07 Å². The van der Waals surface area contributed by atoms with E-state index in [-0.39, 0.29) is 36.6 Å². The van der Waals surface area contributed by atoms with Gasteiger partial charge in [-0.25, -0.2) is 8.42 Å². The van der Waals surface area contributed by atoms with Gasteiger partial charge in [-0.2, -0.15) is 13.2 Å². The molecule has 1 fully saturated rings. The maximum Gasteiger partial charge on any atom is 0.416 e. The number of non-ortho nitro benzene ring substituents is 1. The van der Waals surface area contributed by atoms with Crippen molar-refractivity contribution in [2.24, 2.45) is 0 Å². The molecule has 1 saturated heterocycles. The summed E-state index contributed by atoms with van der Waals surface area (Å²) in [5.41, 5.74) is -1.05. The first kappa shape index (κ1) is 22.5. The average Bonchev–Trinajstić information content (AvgIpc) is 2.72. The number of nitro groups is 1. The van der Waals surface area contributed by atoms with Crippen LogP contribution in [0.2, 0.25) is 0 Å². The lowest BCUT2D eigenvalue weighted by Crippen LogP contribution is -2.48. The highest BCUT2D eigenvalue weighted by Crippen LogP contribution is 2.32. The standard InChI is InChI=1S/C19H18F3N3O5S/c1-31(29,30)17-10-13(9-16(12-17)25(27)28)18(26)24-7-5-23(6-8-24)15-4-2-3-14(11-15)19(20,21)22/h2-4,9-12H,5-8H2,1H3. The number of nitrogens with zero attached hydrogens (tertiary/aromatic N) is 3. The minimum atomic E-state index is -4.47. The molecule has 3 rings (SSSR count). The Bertz CT molecular complexity index is 1130. The summed E-state index contributed by atoms with van der Waals surface area (Å²) in [6.07, 6.45) is -3.58. The first-order valence-electron chi connectivity index (χ1n) is 9.07. The minimum absolute atomic E-state index is 0.137. The molecular weight excluding hydrogens is 439 g/mol. The van der Waals surface area contributed by atoms with Crippen LogP contribution >= 0.6 is 0 Å². The third-order valence-electron chi connectivity index (χ3n) is 4.88. The molecule has 0 aromatic heterocycles. The molecule has 0 spiro atoms. The van der Waals surface area contributed by atoms with E-state index in [9.17, 15) is 36.5 Å². The van der Waals surface area contributed by atoms with Gasteiger partial charge in [0.15, 0.2) is 9.84 Å². The molecule has 0 saturated carbocycles. The molecule has 12 heteroatoms. The molecule has 1 aliphatic rings. The number of piperazine rings is 1. The molecule has 0 atom stereocenters. The van der Waals surface area contributed by atoms with Crippen LogP contribution in [0.15, 0.2) is 47.4 Å². The van der Waals surface area contributed by atoms with Crippen LogP contribution in [0.3, 0.4) is 0 Å². The number of sulfone groups is 1. The molecule has 166 valence electrons. The molecule has 0 N–H and O–H groups in total. The van der Waals surface area contributed by atoms with Gasteiger partial charge in [0.05, 0.1) is 15.4 Å². The van der Waals surface area contributed by atoms with Crippen LogP contribution in [-0.4, -0.2) is 56.6 Å². The Hall–Kier alpha value is -3.15. The summed E-state index contributed by atoms with van der Waals surface area (Å²) in [5, 5.41) is 11.1. The van der Waals surface area contributed by atoms with E-state index < -0.39 is 38.1 Å². The van der Waals surface area contributed by atoms with E-state index in [1.54, 1.807) is 11.0 Å². The molecule has 0 unspecified atom stereocenters. The van der Waals surface area contributed by atoms with Crippen LogP contribution in [0.5, 0.6) is 0 Å². The van der Waals surface area contributed by atoms with E-state index >= 15 is 0 Å². The molecule has 1 heterocycles. The van der Waals surface area contributed by atoms with Crippen LogP contribution in [0.1, 0.15) is 15.9 Å². The van der Waals surface area contributed by atoms with Gasteiger partial charge in [0, 0.05) is 55.8 Å². The van der Waals surface area contributed by atoms with Crippen LogP contribution in [0.4, 0.5) is 24.5 Å². The highest BCUT2D eigenvalue weighted by molar-refractivity contribution is 7.90. The summed E-state index contributed by atoms with van der Waals surface area (Å²) in [7, 11) is -3.78. The van der Waals surface area contributed by atoms with Gasteiger partial charge in [-0.3, -0.25) is 14.9 Å². The first-order chi connectivity index (χ1) is 14.4. The maximum atomic E-state index is 12.9.